The number of piperidine rings is 2. The molecule has 7 fully saturated rings. The van der Waals surface area contributed by atoms with Gasteiger partial charge in [0.1, 0.15) is 17.4 Å². The van der Waals surface area contributed by atoms with Gasteiger partial charge in [0.2, 0.25) is 11.8 Å². The van der Waals surface area contributed by atoms with Gasteiger partial charge in [0.15, 0.2) is 11.3 Å². The van der Waals surface area contributed by atoms with Gasteiger partial charge in [-0.2, -0.15) is 10.2 Å². The number of nitrogens with zero attached hydrogens (tertiary/aromatic N) is 10. The fourth-order valence-electron chi connectivity index (χ4n) is 12.9. The van der Waals surface area contributed by atoms with Crippen LogP contribution in [0.1, 0.15) is 110 Å². The second kappa shape index (κ2) is 17.1. The molecule has 7 aliphatic rings. The number of rotatable bonds is 11. The van der Waals surface area contributed by atoms with Crippen molar-refractivity contribution in [2.45, 2.75) is 106 Å². The Hall–Kier alpha value is -5.57. The Morgan fingerprint density at radius 1 is 0.971 bits per heavy atom. The summed E-state index contributed by atoms with van der Waals surface area (Å²) < 4.78 is 47.4. The lowest BCUT2D eigenvalue weighted by molar-refractivity contribution is -0.135. The van der Waals surface area contributed by atoms with E-state index < -0.39 is 30.0 Å². The van der Waals surface area contributed by atoms with Crippen LogP contribution in [0.2, 0.25) is 0 Å². The number of ether oxygens (including phenoxy) is 2. The van der Waals surface area contributed by atoms with Crippen molar-refractivity contribution in [1.29, 1.82) is 0 Å². The zero-order valence-electron chi connectivity index (χ0n) is 38.3. The number of aryl methyl sites for hydroxylation is 1. The van der Waals surface area contributed by atoms with Gasteiger partial charge in [-0.15, -0.1) is 0 Å². The molecule has 4 atom stereocenters. The monoisotopic (exact) mass is 936 g/mol. The van der Waals surface area contributed by atoms with Crippen LogP contribution in [0.5, 0.6) is 0 Å². The molecule has 12 rings (SSSR count). The summed E-state index contributed by atoms with van der Waals surface area (Å²) in [5.74, 6) is 0.743. The highest BCUT2D eigenvalue weighted by Crippen LogP contribution is 2.42. The van der Waals surface area contributed by atoms with Crippen molar-refractivity contribution < 1.29 is 32.6 Å². The lowest BCUT2D eigenvalue weighted by Gasteiger charge is -2.49. The number of halogens is 2. The highest BCUT2D eigenvalue weighted by atomic mass is 19.3. The SMILES string of the molecule is Cn1c(=O)n(C2CCC(=O)NC2=O)c2cccc(C3CCN(CC4COC5(C4)CN(CC4CCC(n6cc(NC(=O)c7cnn8ccc(N9C[C@H]%10C[C@@H]9CO%10)nc78)c(C(F)F)n6)CC4)C5)CC3)c21. The van der Waals surface area contributed by atoms with Crippen LogP contribution < -0.4 is 21.2 Å². The molecular formula is C48H58F2N12O6. The highest BCUT2D eigenvalue weighted by molar-refractivity contribution is 6.08. The zero-order chi connectivity index (χ0) is 46.4. The molecule has 1 aromatic carbocycles. The van der Waals surface area contributed by atoms with Crippen molar-refractivity contribution in [1.82, 2.24) is 48.6 Å². The number of nitrogens with one attached hydrogen (secondary N) is 2. The number of amides is 3. The number of carbonyl (C=O) groups is 3. The Labute approximate surface area is 390 Å². The second-order valence-corrected chi connectivity index (χ2v) is 20.6. The second-order valence-electron chi connectivity index (χ2n) is 20.6. The van der Waals surface area contributed by atoms with Gasteiger partial charge >= 0.3 is 5.69 Å². The average molecular weight is 937 g/mol. The number of alkyl halides is 2. The van der Waals surface area contributed by atoms with E-state index in [0.29, 0.717) is 36.4 Å². The molecule has 4 aromatic heterocycles. The molecule has 6 aliphatic heterocycles. The third-order valence-corrected chi connectivity index (χ3v) is 16.2. The van der Waals surface area contributed by atoms with Crippen molar-refractivity contribution in [2.75, 3.05) is 69.2 Å². The van der Waals surface area contributed by atoms with E-state index in [1.807, 2.05) is 18.2 Å². The van der Waals surface area contributed by atoms with Crippen LogP contribution in [-0.4, -0.2) is 138 Å². The Kier molecular flexibility index (Phi) is 11.0. The standard InChI is InChI=1S/C48H58F2N12O6/c1-56-42-34(3-2-4-37(42)62(47(56)66)38-9-10-40(63)54-46(38)65)30-11-14-57(15-12-30)21-29-18-48(68-24-29)26-58(27-48)20-28-5-7-31(8-6-28)61-23-36(41(55-61)43(49)50)52-45(64)35-19-51-60-16-13-39(53-44(35)60)59-22-33-17-32(59)25-67-33/h2-4,13,16,19,23,28-33,38,43H,5-12,14-15,17-18,20-22,24-27H2,1H3,(H,52,64)(H,54,63,65)/t28?,29?,31?,32-,33-,38?/m1/s1. The van der Waals surface area contributed by atoms with Crippen molar-refractivity contribution in [3.63, 3.8) is 0 Å². The fourth-order valence-corrected chi connectivity index (χ4v) is 12.9. The molecule has 18 nitrogen and oxygen atoms in total. The fraction of sp³-hybridized carbons (Fsp3) is 0.604. The topological polar surface area (TPSA) is 178 Å². The van der Waals surface area contributed by atoms with E-state index in [0.717, 1.165) is 126 Å². The van der Waals surface area contributed by atoms with E-state index in [-0.39, 0.29) is 53.1 Å². The van der Waals surface area contributed by atoms with Crippen LogP contribution in [0.15, 0.2) is 47.7 Å². The first-order chi connectivity index (χ1) is 33.0. The highest BCUT2D eigenvalue weighted by Gasteiger charge is 2.50. The van der Waals surface area contributed by atoms with Gasteiger partial charge in [0.05, 0.1) is 59.9 Å². The summed E-state index contributed by atoms with van der Waals surface area (Å²) in [5, 5.41) is 13.7. The Bertz CT molecular complexity index is 2830. The summed E-state index contributed by atoms with van der Waals surface area (Å²) in [6, 6.07) is 7.40. The number of para-hydroxylation sites is 1. The van der Waals surface area contributed by atoms with E-state index in [2.05, 4.69) is 41.6 Å². The maximum atomic E-state index is 14.4. The minimum Gasteiger partial charge on any atom is -0.374 e. The van der Waals surface area contributed by atoms with E-state index in [4.69, 9.17) is 14.5 Å². The number of hydrogen-bond acceptors (Lipinski definition) is 12. The van der Waals surface area contributed by atoms with Gasteiger partial charge in [-0.05, 0) is 106 Å². The van der Waals surface area contributed by atoms with Crippen LogP contribution in [-0.2, 0) is 26.1 Å². The zero-order valence-corrected chi connectivity index (χ0v) is 38.3. The number of aromatic nitrogens is 7. The quantitative estimate of drug-likeness (QED) is 0.179. The van der Waals surface area contributed by atoms with Crippen LogP contribution in [0, 0.1) is 11.8 Å². The van der Waals surface area contributed by atoms with Crippen molar-refractivity contribution >= 4 is 45.9 Å². The van der Waals surface area contributed by atoms with E-state index in [9.17, 15) is 28.0 Å². The van der Waals surface area contributed by atoms with Gasteiger partial charge in [-0.25, -0.2) is 23.1 Å². The number of hydrogen-bond donors (Lipinski definition) is 2. The molecule has 2 unspecified atom stereocenters. The van der Waals surface area contributed by atoms with Gasteiger partial charge in [-0.3, -0.25) is 38.4 Å². The van der Waals surface area contributed by atoms with E-state index >= 15 is 0 Å². The molecule has 1 saturated carbocycles. The molecule has 1 aliphatic carbocycles. The smallest absolute Gasteiger partial charge is 0.329 e. The molecular weight excluding hydrogens is 879 g/mol. The van der Waals surface area contributed by atoms with Gasteiger partial charge in [0.25, 0.3) is 12.3 Å². The summed E-state index contributed by atoms with van der Waals surface area (Å²) >= 11 is 0. The molecule has 10 heterocycles. The van der Waals surface area contributed by atoms with Crippen molar-refractivity contribution in [2.24, 2.45) is 18.9 Å². The molecule has 2 bridgehead atoms. The first-order valence-corrected chi connectivity index (χ1v) is 24.5. The Morgan fingerprint density at radius 2 is 1.78 bits per heavy atom. The summed E-state index contributed by atoms with van der Waals surface area (Å²) in [5.41, 5.74) is 2.58. The summed E-state index contributed by atoms with van der Waals surface area (Å²) in [4.78, 5) is 63.7. The number of carbonyl (C=O) groups excluding carboxylic acids is 3. The van der Waals surface area contributed by atoms with Crippen molar-refractivity contribution in [3.8, 4) is 0 Å². The average Bonchev–Trinajstić information content (AvgIpc) is 4.20. The number of anilines is 2. The van der Waals surface area contributed by atoms with Gasteiger partial charge in [-0.1, -0.05) is 12.1 Å². The number of imidazole rings is 1. The minimum absolute atomic E-state index is 0.00490. The van der Waals surface area contributed by atoms with Gasteiger partial charge in [0, 0.05) is 58.6 Å². The molecule has 6 saturated heterocycles. The number of likely N-dealkylation sites (tertiary alicyclic amines) is 2. The number of fused-ring (bicyclic) bond motifs is 4. The normalized spacial score (nSPS) is 27.9. The maximum absolute atomic E-state index is 14.4. The Morgan fingerprint density at radius 3 is 2.53 bits per heavy atom. The van der Waals surface area contributed by atoms with Crippen molar-refractivity contribution in [3.05, 3.63) is 70.2 Å². The summed E-state index contributed by atoms with van der Waals surface area (Å²) in [7, 11) is 1.78. The third kappa shape index (κ3) is 7.80. The molecule has 0 radical (unpaired) electrons. The number of benzene rings is 1. The third-order valence-electron chi connectivity index (χ3n) is 16.2. The lowest BCUT2D eigenvalue weighted by Crippen LogP contribution is -2.62. The van der Waals surface area contributed by atoms with Crippen LogP contribution >= 0.6 is 0 Å². The predicted octanol–water partition coefficient (Wildman–Crippen LogP) is 4.43. The molecule has 2 N–H and O–H groups in total. The van der Waals surface area contributed by atoms with Crippen LogP contribution in [0.3, 0.4) is 0 Å². The molecule has 3 amide bonds. The Balaban J connectivity index is 0.607. The largest absolute Gasteiger partial charge is 0.374 e. The summed E-state index contributed by atoms with van der Waals surface area (Å²) in [6.45, 7) is 7.97. The van der Waals surface area contributed by atoms with Crippen LogP contribution in [0.25, 0.3) is 16.7 Å². The van der Waals surface area contributed by atoms with Gasteiger partial charge < -0.3 is 24.6 Å². The maximum Gasteiger partial charge on any atom is 0.329 e. The number of morpholine rings is 1. The first-order valence-electron chi connectivity index (χ1n) is 24.5. The van der Waals surface area contributed by atoms with E-state index in [1.54, 1.807) is 33.3 Å². The molecule has 20 heteroatoms. The molecule has 68 heavy (non-hydrogen) atoms. The lowest BCUT2D eigenvalue weighted by atomic mass is 9.82. The van der Waals surface area contributed by atoms with E-state index in [1.165, 1.54) is 10.7 Å². The molecule has 360 valence electrons. The number of imide groups is 1. The predicted molar refractivity (Wildman–Crippen MR) is 245 cm³/mol. The first kappa shape index (κ1) is 43.7. The van der Waals surface area contributed by atoms with Crippen LogP contribution in [0.4, 0.5) is 20.3 Å². The molecule has 5 aromatic rings. The summed E-state index contributed by atoms with van der Waals surface area (Å²) in [6.07, 6.45) is 10.2. The minimum atomic E-state index is -2.85. The molecule has 1 spiro atoms.